The van der Waals surface area contributed by atoms with Crippen molar-refractivity contribution in [3.8, 4) is 0 Å². The van der Waals surface area contributed by atoms with Gasteiger partial charge in [-0.25, -0.2) is 9.59 Å². The summed E-state index contributed by atoms with van der Waals surface area (Å²) in [6.07, 6.45) is 2.88. The molecule has 12 heteroatoms. The molecule has 0 fully saturated rings. The Morgan fingerprint density at radius 3 is 1.41 bits per heavy atom. The van der Waals surface area contributed by atoms with Crippen molar-refractivity contribution >= 4 is 42.4 Å². The molecule has 10 nitrogen and oxygen atoms in total. The van der Waals surface area contributed by atoms with Gasteiger partial charge in [-0.05, 0) is 26.7 Å². The Bertz CT molecular complexity index is 559. The molecule has 32 heavy (non-hydrogen) atoms. The second-order valence-corrected chi connectivity index (χ2v) is 10.3. The highest BCUT2D eigenvalue weighted by Crippen LogP contribution is 2.08. The van der Waals surface area contributed by atoms with Gasteiger partial charge in [0.2, 0.25) is 0 Å². The van der Waals surface area contributed by atoms with Gasteiger partial charge in [0.05, 0.1) is 26.1 Å². The molecule has 0 amide bonds. The molecule has 0 aromatic heterocycles. The summed E-state index contributed by atoms with van der Waals surface area (Å²) in [6, 6.07) is 0.953. The molecule has 0 aromatic rings. The van der Waals surface area contributed by atoms with E-state index in [0.29, 0.717) is 38.1 Å². The standard InChI is InChI=1S/C20H34O10Si2/c1-5-17(21)25-13-9-15-31(27-7-3)29-19(23)11-12-20(24)30-32(28-8-4)16-10-14-26-18(22)6-2/h5-6,31-32H,1-2,7-16H2,3-4H3. The summed E-state index contributed by atoms with van der Waals surface area (Å²) in [6.45, 7) is 11.3. The summed E-state index contributed by atoms with van der Waals surface area (Å²) in [7, 11) is -4.56. The zero-order valence-electron chi connectivity index (χ0n) is 18.9. The summed E-state index contributed by atoms with van der Waals surface area (Å²) in [5, 5.41) is 0. The molecular formula is C20H34O10Si2. The molecule has 0 bridgehead atoms. The second-order valence-electron chi connectivity index (χ2n) is 6.28. The van der Waals surface area contributed by atoms with Crippen molar-refractivity contribution in [1.82, 2.24) is 0 Å². The fraction of sp³-hybridized carbons (Fsp3) is 0.600. The van der Waals surface area contributed by atoms with Gasteiger partial charge in [0, 0.05) is 37.5 Å². The number of ether oxygens (including phenoxy) is 2. The van der Waals surface area contributed by atoms with Crippen LogP contribution in [0, 0.1) is 0 Å². The van der Waals surface area contributed by atoms with Gasteiger partial charge >= 0.3 is 30.5 Å². The normalized spacial score (nSPS) is 12.2. The SMILES string of the molecule is C=CC(=O)OCCC[SiH](OCC)OC(=O)CCC(=O)O[SiH](CCCOC(=O)C=C)OCC. The van der Waals surface area contributed by atoms with Gasteiger partial charge in [-0.3, -0.25) is 9.59 Å². The van der Waals surface area contributed by atoms with Crippen molar-refractivity contribution < 1.29 is 46.4 Å². The highest BCUT2D eigenvalue weighted by Gasteiger charge is 2.22. The first-order chi connectivity index (χ1) is 15.4. The van der Waals surface area contributed by atoms with Crippen LogP contribution in [0.4, 0.5) is 0 Å². The van der Waals surface area contributed by atoms with Crippen molar-refractivity contribution in [2.24, 2.45) is 0 Å². The molecule has 2 unspecified atom stereocenters. The third-order valence-electron chi connectivity index (χ3n) is 3.75. The molecule has 0 rings (SSSR count). The maximum atomic E-state index is 12.1. The average Bonchev–Trinajstić information content (AvgIpc) is 2.77. The maximum absolute atomic E-state index is 12.1. The quantitative estimate of drug-likeness (QED) is 0.0867. The fourth-order valence-electron chi connectivity index (χ4n) is 2.30. The van der Waals surface area contributed by atoms with Crippen LogP contribution in [0.3, 0.4) is 0 Å². The van der Waals surface area contributed by atoms with E-state index in [1.165, 1.54) is 0 Å². The molecule has 0 aliphatic heterocycles. The van der Waals surface area contributed by atoms with Gasteiger partial charge in [0.15, 0.2) is 0 Å². The van der Waals surface area contributed by atoms with Gasteiger partial charge in [-0.15, -0.1) is 0 Å². The lowest BCUT2D eigenvalue weighted by Crippen LogP contribution is -2.29. The van der Waals surface area contributed by atoms with Crippen LogP contribution < -0.4 is 0 Å². The van der Waals surface area contributed by atoms with Crippen LogP contribution in [-0.4, -0.2) is 68.9 Å². The van der Waals surface area contributed by atoms with E-state index >= 15 is 0 Å². The number of hydrogen-bond donors (Lipinski definition) is 0. The van der Waals surface area contributed by atoms with Crippen molar-refractivity contribution in [2.45, 2.75) is 51.6 Å². The largest absolute Gasteiger partial charge is 0.497 e. The first-order valence-corrected chi connectivity index (χ1v) is 14.1. The molecule has 0 aliphatic rings. The molecule has 0 heterocycles. The molecule has 182 valence electrons. The molecule has 2 atom stereocenters. The van der Waals surface area contributed by atoms with E-state index in [0.717, 1.165) is 12.2 Å². The van der Waals surface area contributed by atoms with Crippen LogP contribution in [0.15, 0.2) is 25.3 Å². The number of carbonyl (C=O) groups excluding carboxylic acids is 4. The van der Waals surface area contributed by atoms with Crippen molar-refractivity contribution in [2.75, 3.05) is 26.4 Å². The lowest BCUT2D eigenvalue weighted by atomic mass is 10.3. The smallest absolute Gasteiger partial charge is 0.385 e. The van der Waals surface area contributed by atoms with E-state index in [2.05, 4.69) is 13.2 Å². The Morgan fingerprint density at radius 1 is 0.719 bits per heavy atom. The van der Waals surface area contributed by atoms with Crippen molar-refractivity contribution in [1.29, 1.82) is 0 Å². The zero-order chi connectivity index (χ0) is 24.2. The van der Waals surface area contributed by atoms with Crippen LogP contribution in [-0.2, 0) is 46.4 Å². The molecule has 0 saturated heterocycles. The maximum Gasteiger partial charge on any atom is 0.385 e. The lowest BCUT2D eigenvalue weighted by Gasteiger charge is -2.17. The Kier molecular flexibility index (Phi) is 18.0. The summed E-state index contributed by atoms with van der Waals surface area (Å²) in [5.41, 5.74) is 0. The van der Waals surface area contributed by atoms with E-state index in [-0.39, 0.29) is 26.1 Å². The first-order valence-electron chi connectivity index (χ1n) is 10.6. The fourth-order valence-corrected chi connectivity index (χ4v) is 5.57. The Balaban J connectivity index is 4.28. The van der Waals surface area contributed by atoms with E-state index < -0.39 is 42.4 Å². The molecule has 0 spiro atoms. The van der Waals surface area contributed by atoms with E-state index in [9.17, 15) is 19.2 Å². The van der Waals surface area contributed by atoms with E-state index in [1.54, 1.807) is 13.8 Å². The number of carbonyl (C=O) groups is 4. The third-order valence-corrected chi connectivity index (χ3v) is 7.98. The summed E-state index contributed by atoms with van der Waals surface area (Å²) in [4.78, 5) is 46.2. The molecule has 0 aromatic carbocycles. The zero-order valence-corrected chi connectivity index (χ0v) is 21.2. The average molecular weight is 491 g/mol. The molecular weight excluding hydrogens is 456 g/mol. The first kappa shape index (κ1) is 29.7. The Labute approximate surface area is 192 Å². The van der Waals surface area contributed by atoms with Gasteiger partial charge in [0.1, 0.15) is 0 Å². The molecule has 0 saturated carbocycles. The second kappa shape index (κ2) is 19.4. The molecule has 0 radical (unpaired) electrons. The highest BCUT2D eigenvalue weighted by molar-refractivity contribution is 6.47. The van der Waals surface area contributed by atoms with E-state index in [4.69, 9.17) is 27.2 Å². The monoisotopic (exact) mass is 490 g/mol. The topological polar surface area (TPSA) is 124 Å². The summed E-state index contributed by atoms with van der Waals surface area (Å²) >= 11 is 0. The van der Waals surface area contributed by atoms with E-state index in [1.807, 2.05) is 0 Å². The third kappa shape index (κ3) is 16.4. The Hall–Kier alpha value is -2.29. The van der Waals surface area contributed by atoms with Gasteiger partial charge in [-0.2, -0.15) is 0 Å². The number of esters is 2. The Morgan fingerprint density at radius 2 is 1.09 bits per heavy atom. The van der Waals surface area contributed by atoms with Crippen molar-refractivity contribution in [3.63, 3.8) is 0 Å². The molecule has 0 aliphatic carbocycles. The van der Waals surface area contributed by atoms with Gasteiger partial charge in [-0.1, -0.05) is 13.2 Å². The predicted molar refractivity (Wildman–Crippen MR) is 120 cm³/mol. The number of hydrogen-bond acceptors (Lipinski definition) is 10. The number of rotatable bonds is 19. The van der Waals surface area contributed by atoms with Gasteiger partial charge < -0.3 is 27.2 Å². The summed E-state index contributed by atoms with van der Waals surface area (Å²) < 4.78 is 31.5. The van der Waals surface area contributed by atoms with Crippen LogP contribution in [0.2, 0.25) is 12.1 Å². The van der Waals surface area contributed by atoms with Gasteiger partial charge in [0.25, 0.3) is 11.9 Å². The molecule has 0 N–H and O–H groups in total. The van der Waals surface area contributed by atoms with Crippen LogP contribution in [0.5, 0.6) is 0 Å². The minimum Gasteiger partial charge on any atom is -0.497 e. The van der Waals surface area contributed by atoms with Crippen LogP contribution in [0.1, 0.15) is 39.5 Å². The summed E-state index contributed by atoms with van der Waals surface area (Å²) in [5.74, 6) is -2.11. The van der Waals surface area contributed by atoms with Crippen LogP contribution >= 0.6 is 0 Å². The predicted octanol–water partition coefficient (Wildman–Crippen LogP) is 1.61. The van der Waals surface area contributed by atoms with Crippen LogP contribution in [0.25, 0.3) is 0 Å². The lowest BCUT2D eigenvalue weighted by molar-refractivity contribution is -0.142. The highest BCUT2D eigenvalue weighted by atomic mass is 28.3. The minimum atomic E-state index is -2.28. The minimum absolute atomic E-state index is 0.134. The van der Waals surface area contributed by atoms with Crippen molar-refractivity contribution in [3.05, 3.63) is 25.3 Å².